The Hall–Kier alpha value is -4.42. The summed E-state index contributed by atoms with van der Waals surface area (Å²) in [5, 5.41) is 2.67. The van der Waals surface area contributed by atoms with Crippen molar-refractivity contribution in [1.29, 1.82) is 0 Å². The van der Waals surface area contributed by atoms with E-state index in [2.05, 4.69) is 5.32 Å². The van der Waals surface area contributed by atoms with Crippen LogP contribution in [0.4, 0.5) is 9.18 Å². The number of ether oxygens (including phenoxy) is 7. The molecule has 2 unspecified atom stereocenters. The lowest BCUT2D eigenvalue weighted by molar-refractivity contribution is -0.329. The van der Waals surface area contributed by atoms with Crippen molar-refractivity contribution in [2.45, 2.75) is 109 Å². The normalized spacial score (nSPS) is 21.1. The number of halogens is 1. The summed E-state index contributed by atoms with van der Waals surface area (Å²) in [6.07, 6.45) is -2.62. The van der Waals surface area contributed by atoms with Gasteiger partial charge in [-0.25, -0.2) is 9.18 Å². The van der Waals surface area contributed by atoms with Crippen molar-refractivity contribution in [1.82, 2.24) is 5.32 Å². The zero-order valence-corrected chi connectivity index (χ0v) is 32.8. The molecule has 0 spiro atoms. The minimum absolute atomic E-state index is 0.134. The molecule has 0 aliphatic carbocycles. The van der Waals surface area contributed by atoms with Crippen molar-refractivity contribution in [2.75, 3.05) is 13.2 Å². The quantitative estimate of drug-likeness (QED) is 0.0892. The summed E-state index contributed by atoms with van der Waals surface area (Å²) in [4.78, 5) is 12.9. The fourth-order valence-corrected chi connectivity index (χ4v) is 6.15. The van der Waals surface area contributed by atoms with E-state index in [-0.39, 0.29) is 33.0 Å². The molecule has 1 aliphatic heterocycles. The van der Waals surface area contributed by atoms with Crippen LogP contribution in [0.1, 0.15) is 56.4 Å². The van der Waals surface area contributed by atoms with Crippen LogP contribution in [0, 0.1) is 0 Å². The van der Waals surface area contributed by atoms with Crippen molar-refractivity contribution >= 4 is 6.09 Å². The second-order valence-electron chi connectivity index (χ2n) is 14.7. The van der Waals surface area contributed by atoms with Crippen LogP contribution in [-0.2, 0) is 59.6 Å². The van der Waals surface area contributed by atoms with Gasteiger partial charge in [-0.3, -0.25) is 0 Å². The van der Waals surface area contributed by atoms with Crippen LogP contribution in [0.3, 0.4) is 0 Å². The lowest BCUT2D eigenvalue weighted by Gasteiger charge is -2.46. The Morgan fingerprint density at radius 3 is 1.64 bits per heavy atom. The summed E-state index contributed by atoms with van der Waals surface area (Å²) < 4.78 is 61.0. The Morgan fingerprint density at radius 2 is 1.16 bits per heavy atom. The number of benzene rings is 4. The first-order valence-electron chi connectivity index (χ1n) is 19.3. The highest BCUT2D eigenvalue weighted by molar-refractivity contribution is 5.68. The molecule has 7 atom stereocenters. The van der Waals surface area contributed by atoms with Crippen molar-refractivity contribution in [3.05, 3.63) is 156 Å². The fourth-order valence-electron chi connectivity index (χ4n) is 6.15. The maximum Gasteiger partial charge on any atom is 0.408 e. The van der Waals surface area contributed by atoms with Crippen molar-refractivity contribution in [3.8, 4) is 0 Å². The van der Waals surface area contributed by atoms with Gasteiger partial charge in [-0.05, 0) is 49.4 Å². The minimum atomic E-state index is -1.58. The predicted octanol–water partition coefficient (Wildman–Crippen LogP) is 8.90. The molecule has 1 aliphatic rings. The average molecular weight is 770 g/mol. The first kappa shape index (κ1) is 42.7. The highest BCUT2D eigenvalue weighted by Crippen LogP contribution is 2.32. The van der Waals surface area contributed by atoms with Gasteiger partial charge in [0, 0.05) is 0 Å². The molecule has 1 saturated heterocycles. The number of amides is 1. The van der Waals surface area contributed by atoms with Gasteiger partial charge in [0.2, 0.25) is 0 Å². The van der Waals surface area contributed by atoms with Gasteiger partial charge in [0.15, 0.2) is 6.29 Å². The SMILES string of the molecule is CC/C=C/[C@@H](F)[C@H](CO[C@@H]1OC(COCc2ccccc2)[C@H](OCc2ccccc2)C(OCc2ccccc2)[C@H]1OCc1ccccc1)NC(=O)OC(C)(C)C. The molecule has 0 radical (unpaired) electrons. The van der Waals surface area contributed by atoms with Gasteiger partial charge in [-0.1, -0.05) is 140 Å². The van der Waals surface area contributed by atoms with Crippen LogP contribution in [0.2, 0.25) is 0 Å². The van der Waals surface area contributed by atoms with Gasteiger partial charge in [0.05, 0.1) is 45.7 Å². The van der Waals surface area contributed by atoms with Crippen molar-refractivity contribution in [2.24, 2.45) is 0 Å². The number of carbonyl (C=O) groups excluding carboxylic acids is 1. The Labute approximate surface area is 331 Å². The number of hydrogen-bond donors (Lipinski definition) is 1. The fraction of sp³-hybridized carbons (Fsp3) is 0.413. The molecule has 1 amide bonds. The van der Waals surface area contributed by atoms with Crippen LogP contribution in [0.5, 0.6) is 0 Å². The van der Waals surface area contributed by atoms with E-state index in [9.17, 15) is 4.79 Å². The highest BCUT2D eigenvalue weighted by Gasteiger charge is 2.49. The molecule has 10 heteroatoms. The maximum absolute atomic E-state index is 15.8. The molecule has 1 fully saturated rings. The predicted molar refractivity (Wildman–Crippen MR) is 213 cm³/mol. The highest BCUT2D eigenvalue weighted by atomic mass is 19.1. The Bertz CT molecular complexity index is 1710. The number of allylic oxidation sites excluding steroid dienone is 1. The molecule has 5 rings (SSSR count). The summed E-state index contributed by atoms with van der Waals surface area (Å²) in [6, 6.07) is 38.3. The van der Waals surface area contributed by atoms with Crippen LogP contribution < -0.4 is 5.32 Å². The average Bonchev–Trinajstić information content (AvgIpc) is 3.20. The van der Waals surface area contributed by atoms with E-state index in [4.69, 9.17) is 33.2 Å². The second-order valence-corrected chi connectivity index (χ2v) is 14.7. The third kappa shape index (κ3) is 14.3. The Kier molecular flexibility index (Phi) is 17.1. The molecule has 0 aromatic heterocycles. The standard InChI is InChI=1S/C46H56FNO8/c1-5-6-27-38(47)39(48-45(49)56-46(2,3)4)32-54-44-43(53-31-37-25-17-10-18-26-37)42(52-30-36-23-15-9-16-24-36)41(51-29-35-21-13-8-14-22-35)40(55-44)33-50-28-34-19-11-7-12-20-34/h6-27,38-44H,5,28-33H2,1-4H3,(H,48,49)/b27-6+/t38-,39+,40?,41+,42?,43-,44-/m1/s1. The van der Waals surface area contributed by atoms with E-state index in [0.29, 0.717) is 13.0 Å². The van der Waals surface area contributed by atoms with E-state index < -0.39 is 54.6 Å². The van der Waals surface area contributed by atoms with Gasteiger partial charge < -0.3 is 38.5 Å². The van der Waals surface area contributed by atoms with Gasteiger partial charge in [-0.2, -0.15) is 0 Å². The number of nitrogens with one attached hydrogen (secondary N) is 1. The summed E-state index contributed by atoms with van der Waals surface area (Å²) in [5.41, 5.74) is 3.09. The van der Waals surface area contributed by atoms with Gasteiger partial charge in [0.25, 0.3) is 0 Å². The molecule has 56 heavy (non-hydrogen) atoms. The molecular weight excluding hydrogens is 714 g/mol. The zero-order chi connectivity index (χ0) is 39.6. The minimum Gasteiger partial charge on any atom is -0.444 e. The van der Waals surface area contributed by atoms with Crippen LogP contribution in [-0.4, -0.2) is 67.8 Å². The lowest BCUT2D eigenvalue weighted by atomic mass is 9.97. The monoisotopic (exact) mass is 769 g/mol. The van der Waals surface area contributed by atoms with E-state index in [1.165, 1.54) is 6.08 Å². The Balaban J connectivity index is 1.47. The zero-order valence-electron chi connectivity index (χ0n) is 32.8. The van der Waals surface area contributed by atoms with Crippen LogP contribution in [0.25, 0.3) is 0 Å². The third-order valence-corrected chi connectivity index (χ3v) is 8.92. The molecule has 4 aromatic rings. The van der Waals surface area contributed by atoms with Gasteiger partial charge >= 0.3 is 6.09 Å². The van der Waals surface area contributed by atoms with E-state index >= 15 is 4.39 Å². The van der Waals surface area contributed by atoms with E-state index in [1.807, 2.05) is 128 Å². The molecule has 300 valence electrons. The number of rotatable bonds is 20. The molecule has 0 bridgehead atoms. The lowest BCUT2D eigenvalue weighted by Crippen LogP contribution is -2.62. The van der Waals surface area contributed by atoms with Gasteiger partial charge in [0.1, 0.15) is 36.2 Å². The smallest absolute Gasteiger partial charge is 0.408 e. The first-order chi connectivity index (χ1) is 27.2. The number of alkyl halides is 1. The van der Waals surface area contributed by atoms with E-state index in [0.717, 1.165) is 22.3 Å². The number of hydrogen-bond acceptors (Lipinski definition) is 8. The second kappa shape index (κ2) is 22.4. The van der Waals surface area contributed by atoms with Gasteiger partial charge in [-0.15, -0.1) is 0 Å². The molecular formula is C46H56FNO8. The largest absolute Gasteiger partial charge is 0.444 e. The molecule has 1 N–H and O–H groups in total. The number of carbonyl (C=O) groups is 1. The number of alkyl carbamates (subject to hydrolysis) is 1. The summed E-state index contributed by atoms with van der Waals surface area (Å²) in [6.45, 7) is 8.12. The van der Waals surface area contributed by atoms with Crippen molar-refractivity contribution < 1.29 is 42.3 Å². The third-order valence-electron chi connectivity index (χ3n) is 8.92. The summed E-state index contributed by atoms with van der Waals surface area (Å²) in [7, 11) is 0. The van der Waals surface area contributed by atoms with E-state index in [1.54, 1.807) is 26.8 Å². The summed E-state index contributed by atoms with van der Waals surface area (Å²) in [5.74, 6) is 0. The summed E-state index contributed by atoms with van der Waals surface area (Å²) >= 11 is 0. The first-order valence-corrected chi connectivity index (χ1v) is 19.3. The molecule has 9 nitrogen and oxygen atoms in total. The molecule has 4 aromatic carbocycles. The molecule has 0 saturated carbocycles. The topological polar surface area (TPSA) is 93.7 Å². The van der Waals surface area contributed by atoms with Crippen molar-refractivity contribution in [3.63, 3.8) is 0 Å². The Morgan fingerprint density at radius 1 is 0.696 bits per heavy atom. The van der Waals surface area contributed by atoms with Crippen LogP contribution >= 0.6 is 0 Å². The molecule has 1 heterocycles. The maximum atomic E-state index is 15.8. The van der Waals surface area contributed by atoms with Crippen LogP contribution in [0.15, 0.2) is 133 Å².